The van der Waals surface area contributed by atoms with Gasteiger partial charge in [0, 0.05) is 0 Å². The van der Waals surface area contributed by atoms with E-state index in [1.165, 1.54) is 0 Å². The van der Waals surface area contributed by atoms with Crippen LogP contribution in [0.2, 0.25) is 0 Å². The molecule has 0 unspecified atom stereocenters. The van der Waals surface area contributed by atoms with Gasteiger partial charge in [0.25, 0.3) is 0 Å². The third kappa shape index (κ3) is 1.28. The van der Waals surface area contributed by atoms with Crippen LogP contribution in [-0.2, 0) is 4.74 Å². The Bertz CT molecular complexity index is 145. The second-order valence-corrected chi connectivity index (χ2v) is 4.20. The molecule has 2 atom stereocenters. The summed E-state index contributed by atoms with van der Waals surface area (Å²) >= 11 is 0. The van der Waals surface area contributed by atoms with Crippen LogP contribution >= 0.6 is 0 Å². The first-order chi connectivity index (χ1) is 4.77. The lowest BCUT2D eigenvalue weighted by Gasteiger charge is -2.24. The van der Waals surface area contributed by atoms with Crippen LogP contribution in [0.4, 0.5) is 0 Å². The highest BCUT2D eigenvalue weighted by Crippen LogP contribution is 2.37. The molecule has 66 valence electrons. The standard InChI is InChI=1S/C8H16O3/c1-7(2)5(9)6(10)8(3,4)11-7/h5-6,9-10H,1-4H3/t5-,6+. The van der Waals surface area contributed by atoms with Crippen molar-refractivity contribution in [2.24, 2.45) is 0 Å². The van der Waals surface area contributed by atoms with Gasteiger partial charge in [0.05, 0.1) is 11.2 Å². The molecule has 1 heterocycles. The van der Waals surface area contributed by atoms with E-state index in [4.69, 9.17) is 4.74 Å². The Morgan fingerprint density at radius 1 is 0.909 bits per heavy atom. The maximum atomic E-state index is 9.49. The van der Waals surface area contributed by atoms with Crippen LogP contribution < -0.4 is 0 Å². The molecule has 0 aromatic rings. The topological polar surface area (TPSA) is 49.7 Å². The lowest BCUT2D eigenvalue weighted by Crippen LogP contribution is -2.39. The van der Waals surface area contributed by atoms with Crippen LogP contribution in [0.5, 0.6) is 0 Å². The van der Waals surface area contributed by atoms with E-state index in [1.807, 2.05) is 0 Å². The first kappa shape index (κ1) is 8.97. The zero-order valence-electron chi connectivity index (χ0n) is 7.46. The molecule has 3 nitrogen and oxygen atoms in total. The van der Waals surface area contributed by atoms with Gasteiger partial charge >= 0.3 is 0 Å². The van der Waals surface area contributed by atoms with Crippen LogP contribution in [0.15, 0.2) is 0 Å². The van der Waals surface area contributed by atoms with E-state index < -0.39 is 23.4 Å². The molecule has 0 aromatic carbocycles. The molecule has 0 saturated carbocycles. The van der Waals surface area contributed by atoms with Crippen molar-refractivity contribution >= 4 is 0 Å². The minimum Gasteiger partial charge on any atom is -0.387 e. The molecular formula is C8H16O3. The van der Waals surface area contributed by atoms with E-state index in [0.29, 0.717) is 0 Å². The quantitative estimate of drug-likeness (QED) is 0.535. The summed E-state index contributed by atoms with van der Waals surface area (Å²) in [6, 6.07) is 0. The van der Waals surface area contributed by atoms with Gasteiger partial charge in [-0.25, -0.2) is 0 Å². The fourth-order valence-electron chi connectivity index (χ4n) is 1.56. The van der Waals surface area contributed by atoms with Crippen molar-refractivity contribution in [3.8, 4) is 0 Å². The molecule has 0 bridgehead atoms. The Balaban J connectivity index is 2.86. The molecule has 11 heavy (non-hydrogen) atoms. The lowest BCUT2D eigenvalue weighted by molar-refractivity contribution is -0.0952. The molecule has 1 aliphatic heterocycles. The van der Waals surface area contributed by atoms with Crippen molar-refractivity contribution in [1.82, 2.24) is 0 Å². The molecule has 1 saturated heterocycles. The smallest absolute Gasteiger partial charge is 0.111 e. The minimum atomic E-state index is -0.794. The highest BCUT2D eigenvalue weighted by atomic mass is 16.6. The third-order valence-electron chi connectivity index (χ3n) is 2.25. The van der Waals surface area contributed by atoms with Crippen LogP contribution in [0, 0.1) is 0 Å². The molecule has 1 fully saturated rings. The van der Waals surface area contributed by atoms with E-state index in [0.717, 1.165) is 0 Å². The number of aliphatic hydroxyl groups is 2. The fraction of sp³-hybridized carbons (Fsp3) is 1.00. The Labute approximate surface area is 67.0 Å². The van der Waals surface area contributed by atoms with Gasteiger partial charge in [-0.3, -0.25) is 0 Å². The number of hydrogen-bond acceptors (Lipinski definition) is 3. The number of aliphatic hydroxyl groups excluding tert-OH is 2. The van der Waals surface area contributed by atoms with Gasteiger partial charge in [0.2, 0.25) is 0 Å². The van der Waals surface area contributed by atoms with Crippen molar-refractivity contribution in [1.29, 1.82) is 0 Å². The summed E-state index contributed by atoms with van der Waals surface area (Å²) in [6.07, 6.45) is -1.59. The van der Waals surface area contributed by atoms with E-state index in [9.17, 15) is 10.2 Å². The number of hydrogen-bond donors (Lipinski definition) is 2. The average molecular weight is 160 g/mol. The maximum absolute atomic E-state index is 9.49. The van der Waals surface area contributed by atoms with E-state index in [-0.39, 0.29) is 0 Å². The Morgan fingerprint density at radius 2 is 1.18 bits per heavy atom. The van der Waals surface area contributed by atoms with Gasteiger partial charge in [-0.2, -0.15) is 0 Å². The fourth-order valence-corrected chi connectivity index (χ4v) is 1.56. The summed E-state index contributed by atoms with van der Waals surface area (Å²) in [4.78, 5) is 0. The van der Waals surface area contributed by atoms with Crippen molar-refractivity contribution in [3.63, 3.8) is 0 Å². The first-order valence-corrected chi connectivity index (χ1v) is 3.84. The highest BCUT2D eigenvalue weighted by molar-refractivity contribution is 5.01. The first-order valence-electron chi connectivity index (χ1n) is 3.84. The van der Waals surface area contributed by atoms with Crippen molar-refractivity contribution in [2.45, 2.75) is 51.1 Å². The summed E-state index contributed by atoms with van der Waals surface area (Å²) in [5.74, 6) is 0. The van der Waals surface area contributed by atoms with Crippen molar-refractivity contribution in [2.75, 3.05) is 0 Å². The summed E-state index contributed by atoms with van der Waals surface area (Å²) in [5, 5.41) is 19.0. The summed E-state index contributed by atoms with van der Waals surface area (Å²) in [6.45, 7) is 7.09. The second-order valence-electron chi connectivity index (χ2n) is 4.20. The molecule has 1 rings (SSSR count). The number of ether oxygens (including phenoxy) is 1. The average Bonchev–Trinajstić information content (AvgIpc) is 1.91. The molecular weight excluding hydrogens is 144 g/mol. The molecule has 2 N–H and O–H groups in total. The Morgan fingerprint density at radius 3 is 1.27 bits per heavy atom. The molecule has 0 aliphatic carbocycles. The number of rotatable bonds is 0. The van der Waals surface area contributed by atoms with Gasteiger partial charge in [-0.15, -0.1) is 0 Å². The zero-order chi connectivity index (χ0) is 8.86. The lowest BCUT2D eigenvalue weighted by atomic mass is 9.94. The molecule has 0 spiro atoms. The zero-order valence-corrected chi connectivity index (χ0v) is 7.46. The Hall–Kier alpha value is -0.120. The Kier molecular flexibility index (Phi) is 1.78. The SMILES string of the molecule is CC1(C)OC(C)(C)[C@@H](O)[C@H]1O. The molecule has 0 amide bonds. The molecule has 1 aliphatic rings. The third-order valence-corrected chi connectivity index (χ3v) is 2.25. The van der Waals surface area contributed by atoms with Crippen LogP contribution in [0.1, 0.15) is 27.7 Å². The van der Waals surface area contributed by atoms with Gasteiger partial charge < -0.3 is 14.9 Å². The van der Waals surface area contributed by atoms with Crippen LogP contribution in [-0.4, -0.2) is 33.6 Å². The predicted octanol–water partition coefficient (Wildman–Crippen LogP) is 0.296. The normalized spacial score (nSPS) is 40.9. The van der Waals surface area contributed by atoms with E-state index in [1.54, 1.807) is 27.7 Å². The second kappa shape index (κ2) is 2.19. The van der Waals surface area contributed by atoms with Crippen molar-refractivity contribution < 1.29 is 14.9 Å². The summed E-state index contributed by atoms with van der Waals surface area (Å²) in [7, 11) is 0. The van der Waals surface area contributed by atoms with Gasteiger partial charge in [-0.1, -0.05) is 0 Å². The van der Waals surface area contributed by atoms with Gasteiger partial charge in [0.1, 0.15) is 12.2 Å². The van der Waals surface area contributed by atoms with Gasteiger partial charge in [-0.05, 0) is 27.7 Å². The molecule has 3 heteroatoms. The van der Waals surface area contributed by atoms with E-state index in [2.05, 4.69) is 0 Å². The van der Waals surface area contributed by atoms with Crippen LogP contribution in [0.25, 0.3) is 0 Å². The summed E-state index contributed by atoms with van der Waals surface area (Å²) in [5.41, 5.74) is -1.27. The van der Waals surface area contributed by atoms with Gasteiger partial charge in [0.15, 0.2) is 0 Å². The van der Waals surface area contributed by atoms with Crippen LogP contribution in [0.3, 0.4) is 0 Å². The van der Waals surface area contributed by atoms with Crippen molar-refractivity contribution in [3.05, 3.63) is 0 Å². The highest BCUT2D eigenvalue weighted by Gasteiger charge is 2.52. The molecule has 0 aromatic heterocycles. The predicted molar refractivity (Wildman–Crippen MR) is 41.3 cm³/mol. The maximum Gasteiger partial charge on any atom is 0.111 e. The monoisotopic (exact) mass is 160 g/mol. The van der Waals surface area contributed by atoms with E-state index >= 15 is 0 Å². The summed E-state index contributed by atoms with van der Waals surface area (Å²) < 4.78 is 5.46. The molecule has 0 radical (unpaired) electrons. The minimum absolute atomic E-state index is 0.636. The largest absolute Gasteiger partial charge is 0.387 e.